The van der Waals surface area contributed by atoms with Crippen LogP contribution >= 0.6 is 0 Å². The molecular formula is C36H49N7O7. The molecule has 0 radical (unpaired) electrons. The molecule has 3 aliphatic rings. The maximum Gasteiger partial charge on any atom is 0.408 e. The average molecular weight is 692 g/mol. The van der Waals surface area contributed by atoms with E-state index in [9.17, 15) is 14.4 Å². The third kappa shape index (κ3) is 8.06. The summed E-state index contributed by atoms with van der Waals surface area (Å²) < 4.78 is 24.9. The Kier molecular flexibility index (Phi) is 10.1. The highest BCUT2D eigenvalue weighted by atomic mass is 16.6. The lowest BCUT2D eigenvalue weighted by Gasteiger charge is -2.35. The largest absolute Gasteiger partial charge is 0.491 e. The molecule has 50 heavy (non-hydrogen) atoms. The second-order valence-electron chi connectivity index (χ2n) is 15.0. The molecule has 3 aromatic rings. The van der Waals surface area contributed by atoms with Gasteiger partial charge in [-0.3, -0.25) is 9.59 Å². The molecule has 6 atom stereocenters. The minimum atomic E-state index is -0.954. The van der Waals surface area contributed by atoms with Gasteiger partial charge in [-0.05, 0) is 62.5 Å². The fraction of sp³-hybridized carbons (Fsp3) is 0.583. The summed E-state index contributed by atoms with van der Waals surface area (Å²) in [5, 5.41) is 11.5. The van der Waals surface area contributed by atoms with E-state index in [0.29, 0.717) is 59.1 Å². The molecule has 6 rings (SSSR count). The normalized spacial score (nSPS) is 23.4. The topological polar surface area (TPSA) is 172 Å². The van der Waals surface area contributed by atoms with Gasteiger partial charge in [-0.2, -0.15) is 0 Å². The van der Waals surface area contributed by atoms with Gasteiger partial charge >= 0.3 is 6.09 Å². The first-order chi connectivity index (χ1) is 23.8. The number of methoxy groups -OCH3 is 1. The average Bonchev–Trinajstić information content (AvgIpc) is 3.38. The summed E-state index contributed by atoms with van der Waals surface area (Å²) >= 11 is 0. The Labute approximate surface area is 292 Å². The predicted octanol–water partition coefficient (Wildman–Crippen LogP) is 4.04. The van der Waals surface area contributed by atoms with Crippen molar-refractivity contribution in [2.75, 3.05) is 32.2 Å². The van der Waals surface area contributed by atoms with E-state index >= 15 is 0 Å². The van der Waals surface area contributed by atoms with Gasteiger partial charge in [0.25, 0.3) is 0 Å². The lowest BCUT2D eigenvalue weighted by atomic mass is 9.85. The van der Waals surface area contributed by atoms with Gasteiger partial charge in [0.2, 0.25) is 11.8 Å². The van der Waals surface area contributed by atoms with Gasteiger partial charge in [0.15, 0.2) is 5.82 Å². The van der Waals surface area contributed by atoms with E-state index in [1.54, 1.807) is 24.1 Å². The number of nitrogens with two attached hydrogens (primary N) is 1. The number of alkyl carbamates (subject to hydrolysis) is 1. The molecule has 270 valence electrons. The number of ether oxygens (including phenoxy) is 4. The molecule has 2 unspecified atom stereocenters. The Hall–Kier alpha value is -4.59. The van der Waals surface area contributed by atoms with E-state index in [1.807, 2.05) is 58.9 Å². The van der Waals surface area contributed by atoms with Crippen LogP contribution in [0.1, 0.15) is 60.3 Å². The van der Waals surface area contributed by atoms with Gasteiger partial charge in [-0.15, -0.1) is 5.10 Å². The second-order valence-corrected chi connectivity index (χ2v) is 15.0. The molecule has 3 fully saturated rings. The Balaban J connectivity index is 1.24. The van der Waals surface area contributed by atoms with Crippen LogP contribution in [-0.2, 0) is 19.1 Å². The maximum absolute atomic E-state index is 14.2. The van der Waals surface area contributed by atoms with Gasteiger partial charge in [-0.25, -0.2) is 14.5 Å². The highest BCUT2D eigenvalue weighted by Gasteiger charge is 2.48. The minimum absolute atomic E-state index is 0.0866. The Morgan fingerprint density at radius 3 is 2.46 bits per heavy atom. The molecule has 0 bridgehead atoms. The zero-order chi connectivity index (χ0) is 35.7. The Bertz CT molecular complexity index is 1710. The molecule has 2 aliphatic carbocycles. The van der Waals surface area contributed by atoms with Gasteiger partial charge < -0.3 is 40.2 Å². The fourth-order valence-electron chi connectivity index (χ4n) is 6.98. The van der Waals surface area contributed by atoms with Crippen LogP contribution in [0.15, 0.2) is 36.5 Å². The number of primary amides is 1. The third-order valence-corrected chi connectivity index (χ3v) is 9.56. The summed E-state index contributed by atoms with van der Waals surface area (Å²) in [6.45, 7) is 10.5. The zero-order valence-corrected chi connectivity index (χ0v) is 29.7. The van der Waals surface area contributed by atoms with Crippen LogP contribution < -0.4 is 25.8 Å². The monoisotopic (exact) mass is 691 g/mol. The van der Waals surface area contributed by atoms with Gasteiger partial charge in [-0.1, -0.05) is 20.8 Å². The molecule has 1 aromatic carbocycles. The first kappa shape index (κ1) is 35.2. The number of hydrogen-bond donors (Lipinski definition) is 3. The number of aromatic nitrogens is 3. The van der Waals surface area contributed by atoms with E-state index in [1.165, 1.54) is 11.3 Å². The van der Waals surface area contributed by atoms with Crippen molar-refractivity contribution in [3.63, 3.8) is 0 Å². The number of carbonyl (C=O) groups excluding carboxylic acids is 3. The van der Waals surface area contributed by atoms with Crippen LogP contribution in [0.25, 0.3) is 16.7 Å². The number of fused-ring (bicyclic) bond motifs is 2. The predicted molar refractivity (Wildman–Crippen MR) is 186 cm³/mol. The highest BCUT2D eigenvalue weighted by molar-refractivity contribution is 5.92. The van der Waals surface area contributed by atoms with E-state index in [2.05, 4.69) is 15.7 Å². The Morgan fingerprint density at radius 1 is 1.02 bits per heavy atom. The summed E-state index contributed by atoms with van der Waals surface area (Å²) in [4.78, 5) is 46.2. The van der Waals surface area contributed by atoms with Gasteiger partial charge in [0.1, 0.15) is 48.2 Å². The standard InChI is InChI=1S/C36H49N7O7/c1-20(2)38-30-9-10-43(41-30)31-18-29(26-8-7-23(16-27(26)39-31)48-12-11-47-6)49-25-17-28(33(37)44)42(19-25)34(45)32(36(3,4)5)40-35(46)50-24-14-21-13-22(21)15-24/h7-10,16,18,20-22,24-25,28,32H,11-15,17,19H2,1-6H3,(H2,37,44)(H,38,41)(H,40,46)/t21-,22+,24?,25?,28-,32+/m0/s1. The molecule has 2 aromatic heterocycles. The summed E-state index contributed by atoms with van der Waals surface area (Å²) in [5.74, 6) is 2.54. The number of nitrogens with one attached hydrogen (secondary N) is 2. The van der Waals surface area contributed by atoms with Crippen LogP contribution in [0.4, 0.5) is 10.6 Å². The van der Waals surface area contributed by atoms with Crippen molar-refractivity contribution in [3.05, 3.63) is 36.5 Å². The van der Waals surface area contributed by atoms with Crippen molar-refractivity contribution in [1.29, 1.82) is 0 Å². The molecule has 0 spiro atoms. The number of amides is 3. The molecular weight excluding hydrogens is 642 g/mol. The Morgan fingerprint density at radius 2 is 1.78 bits per heavy atom. The molecule has 1 saturated heterocycles. The smallest absolute Gasteiger partial charge is 0.408 e. The lowest BCUT2D eigenvalue weighted by Crippen LogP contribution is -2.57. The van der Waals surface area contributed by atoms with Crippen molar-refractivity contribution < 1.29 is 33.3 Å². The molecule has 2 saturated carbocycles. The SMILES string of the molecule is COCCOc1ccc2c(OC3C[C@@H](C(N)=O)N(C(=O)[C@@H](NC(=O)OC4C[C@@H]5C[C@@H]5C4)C(C)(C)C)C3)cc(-n3ccc(NC(C)C)n3)nc2c1. The summed E-state index contributed by atoms with van der Waals surface area (Å²) in [5.41, 5.74) is 5.79. The number of pyridine rings is 1. The molecule has 1 aliphatic heterocycles. The van der Waals surface area contributed by atoms with Crippen molar-refractivity contribution in [1.82, 2.24) is 25.0 Å². The maximum atomic E-state index is 14.2. The van der Waals surface area contributed by atoms with Crippen molar-refractivity contribution in [3.8, 4) is 17.3 Å². The summed E-state index contributed by atoms with van der Waals surface area (Å²) in [6.07, 6.45) is 3.58. The van der Waals surface area contributed by atoms with Crippen molar-refractivity contribution in [2.45, 2.75) is 90.6 Å². The number of rotatable bonds is 13. The molecule has 4 N–H and O–H groups in total. The lowest BCUT2D eigenvalue weighted by molar-refractivity contribution is -0.141. The quantitative estimate of drug-likeness (QED) is 0.222. The number of anilines is 1. The molecule has 14 heteroatoms. The number of hydrogen-bond acceptors (Lipinski definition) is 10. The van der Waals surface area contributed by atoms with E-state index in [4.69, 9.17) is 29.7 Å². The van der Waals surface area contributed by atoms with Crippen LogP contribution in [-0.4, -0.2) is 94.8 Å². The number of nitrogens with zero attached hydrogens (tertiary/aromatic N) is 4. The number of carbonyl (C=O) groups is 3. The molecule has 3 heterocycles. The van der Waals surface area contributed by atoms with Crippen molar-refractivity contribution >= 4 is 34.6 Å². The van der Waals surface area contributed by atoms with Crippen molar-refractivity contribution in [2.24, 2.45) is 23.0 Å². The first-order valence-corrected chi connectivity index (χ1v) is 17.4. The number of likely N-dealkylation sites (tertiary alicyclic amines) is 1. The number of benzene rings is 1. The van der Waals surface area contributed by atoms with E-state index in [-0.39, 0.29) is 25.1 Å². The molecule has 14 nitrogen and oxygen atoms in total. The highest BCUT2D eigenvalue weighted by Crippen LogP contribution is 2.52. The van der Waals surface area contributed by atoms with E-state index < -0.39 is 41.5 Å². The third-order valence-electron chi connectivity index (χ3n) is 9.56. The molecule has 3 amide bonds. The second kappa shape index (κ2) is 14.3. The zero-order valence-electron chi connectivity index (χ0n) is 29.7. The van der Waals surface area contributed by atoms with Crippen LogP contribution in [0, 0.1) is 17.3 Å². The minimum Gasteiger partial charge on any atom is -0.491 e. The summed E-state index contributed by atoms with van der Waals surface area (Å²) in [7, 11) is 1.61. The van der Waals surface area contributed by atoms with Crippen LogP contribution in [0.3, 0.4) is 0 Å². The van der Waals surface area contributed by atoms with Crippen LogP contribution in [0.2, 0.25) is 0 Å². The van der Waals surface area contributed by atoms with E-state index in [0.717, 1.165) is 12.8 Å². The van der Waals surface area contributed by atoms with Crippen LogP contribution in [0.5, 0.6) is 11.5 Å². The summed E-state index contributed by atoms with van der Waals surface area (Å²) in [6, 6.07) is 7.46. The first-order valence-electron chi connectivity index (χ1n) is 17.4. The fourth-order valence-corrected chi connectivity index (χ4v) is 6.98. The van der Waals surface area contributed by atoms with Gasteiger partial charge in [0.05, 0.1) is 18.7 Å². The van der Waals surface area contributed by atoms with Gasteiger partial charge in [0, 0.05) is 49.4 Å².